The van der Waals surface area contributed by atoms with Gasteiger partial charge in [-0.15, -0.1) is 11.8 Å². The fourth-order valence-corrected chi connectivity index (χ4v) is 2.22. The summed E-state index contributed by atoms with van der Waals surface area (Å²) in [5.41, 5.74) is 0. The topological polar surface area (TPSA) is 29.1 Å². The van der Waals surface area contributed by atoms with E-state index in [1.54, 1.807) is 0 Å². The number of halogens is 1. The molecule has 0 saturated carbocycles. The number of nitrogens with one attached hydrogen (secondary N) is 1. The van der Waals surface area contributed by atoms with Gasteiger partial charge in [-0.3, -0.25) is 4.79 Å². The predicted molar refractivity (Wildman–Crippen MR) is 74.6 cm³/mol. The van der Waals surface area contributed by atoms with Crippen molar-refractivity contribution in [3.05, 3.63) is 29.3 Å². The molecule has 0 spiro atoms. The first kappa shape index (κ1) is 14.4. The van der Waals surface area contributed by atoms with E-state index in [1.807, 2.05) is 31.2 Å². The summed E-state index contributed by atoms with van der Waals surface area (Å²) < 4.78 is 0. The Hall–Kier alpha value is -0.670. The van der Waals surface area contributed by atoms with Crippen LogP contribution in [0.5, 0.6) is 0 Å². The summed E-state index contributed by atoms with van der Waals surface area (Å²) >= 11 is 7.48. The van der Waals surface area contributed by atoms with Gasteiger partial charge < -0.3 is 5.32 Å². The van der Waals surface area contributed by atoms with E-state index >= 15 is 0 Å². The number of hydrogen-bond acceptors (Lipinski definition) is 2. The average Bonchev–Trinajstić information content (AvgIpc) is 2.27. The standard InChI is InChI=1S/C13H18ClNOS/c1-9(2)10(3)15-13(16)8-17-12-7-5-4-6-11(12)14/h4-7,9-10H,8H2,1-3H3,(H,15,16). The molecule has 94 valence electrons. The minimum absolute atomic E-state index is 0.0520. The van der Waals surface area contributed by atoms with Gasteiger partial charge in [-0.25, -0.2) is 0 Å². The molecule has 0 bridgehead atoms. The molecule has 1 aromatic rings. The molecule has 0 aliphatic carbocycles. The van der Waals surface area contributed by atoms with Gasteiger partial charge >= 0.3 is 0 Å². The molecule has 0 heterocycles. The lowest BCUT2D eigenvalue weighted by Crippen LogP contribution is -2.37. The number of thioether (sulfide) groups is 1. The van der Waals surface area contributed by atoms with Crippen LogP contribution in [-0.4, -0.2) is 17.7 Å². The Morgan fingerprint density at radius 1 is 1.35 bits per heavy atom. The third-order valence-electron chi connectivity index (χ3n) is 2.58. The van der Waals surface area contributed by atoms with Crippen molar-refractivity contribution in [1.82, 2.24) is 5.32 Å². The average molecular weight is 272 g/mol. The molecule has 1 aromatic carbocycles. The van der Waals surface area contributed by atoms with Gasteiger partial charge in [-0.1, -0.05) is 37.6 Å². The number of amides is 1. The molecule has 1 amide bonds. The van der Waals surface area contributed by atoms with Crippen LogP contribution >= 0.6 is 23.4 Å². The van der Waals surface area contributed by atoms with Crippen LogP contribution in [-0.2, 0) is 4.79 Å². The van der Waals surface area contributed by atoms with Crippen LogP contribution < -0.4 is 5.32 Å². The Balaban J connectivity index is 2.41. The van der Waals surface area contributed by atoms with Crippen molar-refractivity contribution in [2.24, 2.45) is 5.92 Å². The Kier molecular flexibility index (Phi) is 5.86. The molecule has 1 unspecified atom stereocenters. The van der Waals surface area contributed by atoms with Crippen molar-refractivity contribution in [2.75, 3.05) is 5.75 Å². The summed E-state index contributed by atoms with van der Waals surface area (Å²) in [6, 6.07) is 7.76. The second kappa shape index (κ2) is 6.92. The summed E-state index contributed by atoms with van der Waals surface area (Å²) in [6.45, 7) is 6.20. The highest BCUT2D eigenvalue weighted by molar-refractivity contribution is 8.00. The Labute approximate surface area is 112 Å². The normalized spacial score (nSPS) is 12.5. The first-order valence-electron chi connectivity index (χ1n) is 5.67. The smallest absolute Gasteiger partial charge is 0.230 e. The molecular weight excluding hydrogens is 254 g/mol. The Morgan fingerprint density at radius 2 is 2.00 bits per heavy atom. The van der Waals surface area contributed by atoms with Crippen LogP contribution in [0, 0.1) is 5.92 Å². The third kappa shape index (κ3) is 5.00. The molecule has 1 N–H and O–H groups in total. The minimum Gasteiger partial charge on any atom is -0.353 e. The van der Waals surface area contributed by atoms with Gasteiger partial charge in [0.15, 0.2) is 0 Å². The first-order valence-corrected chi connectivity index (χ1v) is 7.03. The van der Waals surface area contributed by atoms with Gasteiger partial charge in [-0.05, 0) is 25.0 Å². The van der Waals surface area contributed by atoms with Crippen LogP contribution in [0.2, 0.25) is 5.02 Å². The van der Waals surface area contributed by atoms with Crippen LogP contribution in [0.3, 0.4) is 0 Å². The summed E-state index contributed by atoms with van der Waals surface area (Å²) in [6.07, 6.45) is 0. The van der Waals surface area contributed by atoms with Gasteiger partial charge in [0, 0.05) is 10.9 Å². The molecule has 2 nitrogen and oxygen atoms in total. The van der Waals surface area contributed by atoms with Crippen LogP contribution in [0.4, 0.5) is 0 Å². The molecule has 0 aliphatic rings. The molecule has 1 atom stereocenters. The number of carbonyl (C=O) groups excluding carboxylic acids is 1. The second-order valence-electron chi connectivity index (χ2n) is 4.32. The maximum Gasteiger partial charge on any atom is 0.230 e. The van der Waals surface area contributed by atoms with Gasteiger partial charge in [0.25, 0.3) is 0 Å². The first-order chi connectivity index (χ1) is 8.00. The van der Waals surface area contributed by atoms with Gasteiger partial charge in [0.2, 0.25) is 5.91 Å². The van der Waals surface area contributed by atoms with E-state index in [1.165, 1.54) is 11.8 Å². The third-order valence-corrected chi connectivity index (χ3v) is 4.10. The van der Waals surface area contributed by atoms with E-state index in [4.69, 9.17) is 11.6 Å². The largest absolute Gasteiger partial charge is 0.353 e. The lowest BCUT2D eigenvalue weighted by molar-refractivity contribution is -0.119. The second-order valence-corrected chi connectivity index (χ2v) is 5.74. The van der Waals surface area contributed by atoms with Gasteiger partial charge in [-0.2, -0.15) is 0 Å². The SMILES string of the molecule is CC(C)C(C)NC(=O)CSc1ccccc1Cl. The highest BCUT2D eigenvalue weighted by atomic mass is 35.5. The molecule has 4 heteroatoms. The Bertz CT molecular complexity index is 381. The minimum atomic E-state index is 0.0520. The van der Waals surface area contributed by atoms with E-state index in [0.717, 1.165) is 4.90 Å². The molecule has 17 heavy (non-hydrogen) atoms. The fourth-order valence-electron chi connectivity index (χ4n) is 1.17. The van der Waals surface area contributed by atoms with E-state index in [-0.39, 0.29) is 11.9 Å². The quantitative estimate of drug-likeness (QED) is 0.829. The van der Waals surface area contributed by atoms with Gasteiger partial charge in [0.1, 0.15) is 0 Å². The number of rotatable bonds is 5. The van der Waals surface area contributed by atoms with Crippen LogP contribution in [0.25, 0.3) is 0 Å². The van der Waals surface area contributed by atoms with Crippen molar-refractivity contribution in [3.8, 4) is 0 Å². The van der Waals surface area contributed by atoms with E-state index < -0.39 is 0 Å². The number of benzene rings is 1. The van der Waals surface area contributed by atoms with E-state index in [9.17, 15) is 4.79 Å². The zero-order chi connectivity index (χ0) is 12.8. The van der Waals surface area contributed by atoms with Gasteiger partial charge in [0.05, 0.1) is 10.8 Å². The monoisotopic (exact) mass is 271 g/mol. The molecule has 0 aliphatic heterocycles. The number of carbonyl (C=O) groups is 1. The maximum absolute atomic E-state index is 11.7. The summed E-state index contributed by atoms with van der Waals surface area (Å²) in [5, 5.41) is 3.66. The van der Waals surface area contributed by atoms with E-state index in [2.05, 4.69) is 19.2 Å². The lowest BCUT2D eigenvalue weighted by atomic mass is 10.1. The summed E-state index contributed by atoms with van der Waals surface area (Å²) in [7, 11) is 0. The van der Waals surface area contributed by atoms with Crippen molar-refractivity contribution in [3.63, 3.8) is 0 Å². The van der Waals surface area contributed by atoms with Crippen LogP contribution in [0.15, 0.2) is 29.2 Å². The van der Waals surface area contributed by atoms with E-state index in [0.29, 0.717) is 16.7 Å². The van der Waals surface area contributed by atoms with Crippen molar-refractivity contribution in [2.45, 2.75) is 31.7 Å². The molecule has 0 saturated heterocycles. The highest BCUT2D eigenvalue weighted by Crippen LogP contribution is 2.26. The predicted octanol–water partition coefficient (Wildman–Crippen LogP) is 3.59. The fraction of sp³-hybridized carbons (Fsp3) is 0.462. The molecule has 0 radical (unpaired) electrons. The Morgan fingerprint density at radius 3 is 2.59 bits per heavy atom. The molecule has 0 fully saturated rings. The molecule has 1 rings (SSSR count). The van der Waals surface area contributed by atoms with Crippen molar-refractivity contribution >= 4 is 29.3 Å². The summed E-state index contributed by atoms with van der Waals surface area (Å²) in [5.74, 6) is 0.904. The van der Waals surface area contributed by atoms with Crippen LogP contribution in [0.1, 0.15) is 20.8 Å². The van der Waals surface area contributed by atoms with Crippen molar-refractivity contribution in [1.29, 1.82) is 0 Å². The maximum atomic E-state index is 11.7. The number of hydrogen-bond donors (Lipinski definition) is 1. The van der Waals surface area contributed by atoms with Crippen molar-refractivity contribution < 1.29 is 4.79 Å². The highest BCUT2D eigenvalue weighted by Gasteiger charge is 2.11. The molecule has 0 aromatic heterocycles. The molecular formula is C13H18ClNOS. The summed E-state index contributed by atoms with van der Waals surface area (Å²) in [4.78, 5) is 12.6. The lowest BCUT2D eigenvalue weighted by Gasteiger charge is -2.17. The zero-order valence-corrected chi connectivity index (χ0v) is 11.9. The zero-order valence-electron chi connectivity index (χ0n) is 10.4.